The van der Waals surface area contributed by atoms with Gasteiger partial charge in [-0.2, -0.15) is 0 Å². The first-order chi connectivity index (χ1) is 14.3. The molecule has 1 aromatic rings. The predicted octanol–water partition coefficient (Wildman–Crippen LogP) is 1.57. The molecular weight excluding hydrogens is 395 g/mol. The van der Waals surface area contributed by atoms with E-state index < -0.39 is 11.9 Å². The second-order valence-corrected chi connectivity index (χ2v) is 7.13. The molecule has 1 aromatic carbocycles. The second kappa shape index (κ2) is 12.0. The lowest BCUT2D eigenvalue weighted by molar-refractivity contribution is -0.159. The van der Waals surface area contributed by atoms with Gasteiger partial charge in [0, 0.05) is 26.2 Å². The molecule has 0 radical (unpaired) electrons. The van der Waals surface area contributed by atoms with Crippen LogP contribution in [0.1, 0.15) is 18.4 Å². The monoisotopic (exact) mass is 422 g/mol. The number of carboxylic acid groups (broad SMARTS) is 2. The fraction of sp³-hybridized carbons (Fsp3) is 0.476. The Bertz CT molecular complexity index is 744. The number of carboxylic acids is 2. The summed E-state index contributed by atoms with van der Waals surface area (Å²) in [5, 5.41) is 14.8. The summed E-state index contributed by atoms with van der Waals surface area (Å²) in [7, 11) is 0. The molecule has 2 aliphatic rings. The molecule has 2 N–H and O–H groups in total. The van der Waals surface area contributed by atoms with E-state index in [0.717, 1.165) is 57.8 Å². The Morgan fingerprint density at radius 2 is 1.70 bits per heavy atom. The van der Waals surface area contributed by atoms with Crippen molar-refractivity contribution in [3.8, 4) is 0 Å². The Morgan fingerprint density at radius 1 is 1.07 bits per heavy atom. The molecule has 1 amide bonds. The van der Waals surface area contributed by atoms with Crippen LogP contribution in [0.25, 0.3) is 6.08 Å². The summed E-state index contributed by atoms with van der Waals surface area (Å²) in [5.74, 6) is -3.17. The number of piperidine rings is 1. The van der Waals surface area contributed by atoms with Gasteiger partial charge in [0.2, 0.25) is 5.91 Å². The van der Waals surface area contributed by atoms with Crippen LogP contribution >= 0.6 is 0 Å². The maximum atomic E-state index is 13.2. The van der Waals surface area contributed by atoms with E-state index in [4.69, 9.17) is 24.5 Å². The number of ether oxygens (including phenoxy) is 1. The van der Waals surface area contributed by atoms with Crippen molar-refractivity contribution in [2.24, 2.45) is 5.92 Å². The molecule has 2 saturated heterocycles. The lowest BCUT2D eigenvalue weighted by Gasteiger charge is -2.33. The number of aliphatic carboxylic acids is 2. The van der Waals surface area contributed by atoms with E-state index in [1.54, 1.807) is 6.07 Å². The molecule has 2 fully saturated rings. The number of benzene rings is 1. The zero-order chi connectivity index (χ0) is 21.9. The highest BCUT2D eigenvalue weighted by Crippen LogP contribution is 2.20. The van der Waals surface area contributed by atoms with Crippen LogP contribution in [0.2, 0.25) is 0 Å². The van der Waals surface area contributed by atoms with Crippen molar-refractivity contribution in [3.63, 3.8) is 0 Å². The first kappa shape index (κ1) is 23.5. The van der Waals surface area contributed by atoms with Crippen molar-refractivity contribution in [2.45, 2.75) is 12.8 Å². The summed E-state index contributed by atoms with van der Waals surface area (Å²) >= 11 is 0. The van der Waals surface area contributed by atoms with Crippen LogP contribution in [0.5, 0.6) is 0 Å². The zero-order valence-electron chi connectivity index (χ0n) is 16.7. The second-order valence-electron chi connectivity index (χ2n) is 7.13. The number of amides is 1. The maximum absolute atomic E-state index is 13.2. The third kappa shape index (κ3) is 8.30. The normalized spacial score (nSPS) is 18.0. The van der Waals surface area contributed by atoms with Crippen LogP contribution in [-0.2, 0) is 19.1 Å². The van der Waals surface area contributed by atoms with Gasteiger partial charge < -0.3 is 19.8 Å². The van der Waals surface area contributed by atoms with E-state index in [1.807, 2.05) is 17.0 Å². The number of rotatable bonds is 4. The van der Waals surface area contributed by atoms with E-state index in [9.17, 15) is 9.18 Å². The molecule has 0 unspecified atom stereocenters. The molecule has 0 aromatic heterocycles. The number of nitrogens with zero attached hydrogens (tertiary/aromatic N) is 2. The molecule has 2 heterocycles. The Hall–Kier alpha value is -2.78. The van der Waals surface area contributed by atoms with E-state index in [0.29, 0.717) is 12.5 Å². The lowest BCUT2D eigenvalue weighted by Crippen LogP contribution is -2.46. The Balaban J connectivity index is 0.000000469. The van der Waals surface area contributed by atoms with E-state index >= 15 is 0 Å². The average molecular weight is 422 g/mol. The number of carbonyl (C=O) groups is 3. The molecule has 0 aliphatic carbocycles. The van der Waals surface area contributed by atoms with Crippen LogP contribution in [0, 0.1) is 11.7 Å². The summed E-state index contributed by atoms with van der Waals surface area (Å²) < 4.78 is 18.5. The number of halogens is 1. The van der Waals surface area contributed by atoms with Gasteiger partial charge in [-0.3, -0.25) is 9.69 Å². The third-order valence-electron chi connectivity index (χ3n) is 4.95. The van der Waals surface area contributed by atoms with Crippen molar-refractivity contribution < 1.29 is 33.7 Å². The highest BCUT2D eigenvalue weighted by molar-refractivity contribution is 6.27. The first-order valence-electron chi connectivity index (χ1n) is 9.83. The molecule has 30 heavy (non-hydrogen) atoms. The number of carbonyl (C=O) groups excluding carboxylic acids is 1. The third-order valence-corrected chi connectivity index (χ3v) is 4.95. The van der Waals surface area contributed by atoms with Crippen molar-refractivity contribution in [2.75, 3.05) is 45.9 Å². The molecule has 3 rings (SSSR count). The van der Waals surface area contributed by atoms with Gasteiger partial charge >= 0.3 is 11.9 Å². The molecule has 164 valence electrons. The van der Waals surface area contributed by atoms with E-state index in [-0.39, 0.29) is 11.7 Å². The minimum absolute atomic E-state index is 0.208. The van der Waals surface area contributed by atoms with E-state index in [2.05, 4.69) is 11.0 Å². The summed E-state index contributed by atoms with van der Waals surface area (Å²) in [6.45, 7) is 5.26. The van der Waals surface area contributed by atoms with Crippen molar-refractivity contribution in [1.82, 2.24) is 9.80 Å². The molecule has 8 nitrogen and oxygen atoms in total. The van der Waals surface area contributed by atoms with Crippen molar-refractivity contribution in [3.05, 3.63) is 41.7 Å². The first-order valence-corrected chi connectivity index (χ1v) is 9.83. The van der Waals surface area contributed by atoms with Gasteiger partial charge in [0.1, 0.15) is 5.82 Å². The van der Waals surface area contributed by atoms with Crippen LogP contribution < -0.4 is 0 Å². The highest BCUT2D eigenvalue weighted by Gasteiger charge is 2.23. The number of allylic oxidation sites excluding steroid dienone is 1. The fourth-order valence-electron chi connectivity index (χ4n) is 3.25. The van der Waals surface area contributed by atoms with Gasteiger partial charge in [-0.05, 0) is 36.5 Å². The number of hydrogen-bond acceptors (Lipinski definition) is 5. The van der Waals surface area contributed by atoms with Gasteiger partial charge in [-0.15, -0.1) is 0 Å². The number of hydrogen-bond donors (Lipinski definition) is 2. The molecule has 9 heteroatoms. The van der Waals surface area contributed by atoms with Crippen molar-refractivity contribution >= 4 is 23.9 Å². The maximum Gasteiger partial charge on any atom is 0.414 e. The summed E-state index contributed by atoms with van der Waals surface area (Å²) in [4.78, 5) is 34.7. The summed E-state index contributed by atoms with van der Waals surface area (Å²) in [6.07, 6.45) is 6.08. The predicted molar refractivity (Wildman–Crippen MR) is 107 cm³/mol. The fourth-order valence-corrected chi connectivity index (χ4v) is 3.25. The van der Waals surface area contributed by atoms with Crippen LogP contribution in [-0.4, -0.2) is 83.8 Å². The topological polar surface area (TPSA) is 107 Å². The summed E-state index contributed by atoms with van der Waals surface area (Å²) in [5.41, 5.74) is 0.890. The van der Waals surface area contributed by atoms with Crippen molar-refractivity contribution in [1.29, 1.82) is 0 Å². The van der Waals surface area contributed by atoms with Crippen LogP contribution in [0.3, 0.4) is 0 Å². The molecule has 0 spiro atoms. The quantitative estimate of drug-likeness (QED) is 0.709. The molecule has 2 aliphatic heterocycles. The standard InChI is InChI=1S/C19H25FN2O2.C2H2O4/c20-18-3-1-2-17(14-18)5-4-16-6-8-22(9-7-16)19(23)15-21-10-12-24-13-11-21;3-1(4)2(5)6/h1-5,14,16H,6-13,15H2;(H,3,4)(H,5,6)/b5-4-;. The van der Waals surface area contributed by atoms with Crippen LogP contribution in [0.15, 0.2) is 30.3 Å². The molecule has 0 atom stereocenters. The Kier molecular flexibility index (Phi) is 9.43. The summed E-state index contributed by atoms with van der Waals surface area (Å²) in [6, 6.07) is 6.62. The highest BCUT2D eigenvalue weighted by atomic mass is 19.1. The minimum Gasteiger partial charge on any atom is -0.473 e. The Labute approximate surface area is 174 Å². The van der Waals surface area contributed by atoms with Crippen LogP contribution in [0.4, 0.5) is 4.39 Å². The minimum atomic E-state index is -1.82. The largest absolute Gasteiger partial charge is 0.473 e. The molecular formula is C21H27FN2O6. The van der Waals surface area contributed by atoms with Gasteiger partial charge in [-0.25, -0.2) is 14.0 Å². The average Bonchev–Trinajstić information content (AvgIpc) is 2.74. The smallest absolute Gasteiger partial charge is 0.414 e. The Morgan fingerprint density at radius 3 is 2.27 bits per heavy atom. The number of likely N-dealkylation sites (tertiary alicyclic amines) is 1. The van der Waals surface area contributed by atoms with Gasteiger partial charge in [0.15, 0.2) is 0 Å². The molecule has 0 bridgehead atoms. The van der Waals surface area contributed by atoms with Gasteiger partial charge in [-0.1, -0.05) is 24.3 Å². The molecule has 0 saturated carbocycles. The SMILES string of the molecule is O=C(CN1CCOCC1)N1CCC(/C=C\c2cccc(F)c2)CC1.O=C(O)C(=O)O. The zero-order valence-corrected chi connectivity index (χ0v) is 16.7. The number of morpholine rings is 1. The van der Waals surface area contributed by atoms with Gasteiger partial charge in [0.05, 0.1) is 19.8 Å². The van der Waals surface area contributed by atoms with Gasteiger partial charge in [0.25, 0.3) is 0 Å². The van der Waals surface area contributed by atoms with E-state index in [1.165, 1.54) is 12.1 Å². The lowest BCUT2D eigenvalue weighted by atomic mass is 9.95.